The van der Waals surface area contributed by atoms with Crippen LogP contribution in [0.1, 0.15) is 5.56 Å². The van der Waals surface area contributed by atoms with Crippen LogP contribution in [-0.4, -0.2) is 14.8 Å². The molecule has 0 saturated carbocycles. The van der Waals surface area contributed by atoms with Crippen molar-refractivity contribution in [2.24, 2.45) is 0 Å². The summed E-state index contributed by atoms with van der Waals surface area (Å²) in [6.07, 6.45) is 0. The molecule has 99 valence electrons. The highest BCUT2D eigenvalue weighted by Gasteiger charge is 2.25. The molecular formula is C15H11N2O3. The molecule has 0 saturated heterocycles. The topological polar surface area (TPSA) is 68.3 Å². The molecule has 3 aromatic rings. The van der Waals surface area contributed by atoms with Gasteiger partial charge in [0.25, 0.3) is 0 Å². The molecule has 1 N–H and O–H groups in total. The molecule has 2 aromatic carbocycles. The summed E-state index contributed by atoms with van der Waals surface area (Å²) in [6, 6.07) is 13.7. The average Bonchev–Trinajstić information content (AvgIpc) is 2.73. The maximum atomic E-state index is 11.4. The molecule has 0 aliphatic heterocycles. The first-order valence-electron chi connectivity index (χ1n) is 5.99. The molecule has 0 aliphatic rings. The number of para-hydroxylation sites is 1. The van der Waals surface area contributed by atoms with Crippen molar-refractivity contribution in [1.29, 1.82) is 0 Å². The molecule has 1 aromatic heterocycles. The smallest absolute Gasteiger partial charge is 0.170 e. The standard InChI is InChI=1S/C15H11N2O3/c1-10-6-2-3-7-11(10)14-15(18)12-8-4-5-9-13(12)16(14)17(19)20/h2-9,18H,1H2. The van der Waals surface area contributed by atoms with Crippen LogP contribution < -0.4 is 0 Å². The number of nitro groups is 1. The van der Waals surface area contributed by atoms with E-state index < -0.39 is 5.03 Å². The van der Waals surface area contributed by atoms with Gasteiger partial charge in [0.2, 0.25) is 0 Å². The number of nitrogens with zero attached hydrogens (tertiary/aromatic N) is 2. The highest BCUT2D eigenvalue weighted by Crippen LogP contribution is 2.39. The van der Waals surface area contributed by atoms with Crippen LogP contribution in [0.2, 0.25) is 0 Å². The predicted molar refractivity (Wildman–Crippen MR) is 75.9 cm³/mol. The summed E-state index contributed by atoms with van der Waals surface area (Å²) in [6.45, 7) is 3.86. The Morgan fingerprint density at radius 2 is 1.75 bits per heavy atom. The van der Waals surface area contributed by atoms with Crippen molar-refractivity contribution in [3.63, 3.8) is 0 Å². The first kappa shape index (κ1) is 12.2. The predicted octanol–water partition coefficient (Wildman–Crippen LogP) is 3.24. The number of aromatic hydroxyl groups is 1. The number of benzene rings is 2. The van der Waals surface area contributed by atoms with Gasteiger partial charge < -0.3 is 5.11 Å². The van der Waals surface area contributed by atoms with Crippen molar-refractivity contribution in [2.75, 3.05) is 0 Å². The maximum Gasteiger partial charge on any atom is 0.170 e. The van der Waals surface area contributed by atoms with E-state index in [-0.39, 0.29) is 11.4 Å². The number of aromatic nitrogens is 1. The van der Waals surface area contributed by atoms with Gasteiger partial charge in [-0.2, -0.15) is 0 Å². The molecule has 5 heteroatoms. The van der Waals surface area contributed by atoms with Crippen molar-refractivity contribution in [3.8, 4) is 17.0 Å². The minimum Gasteiger partial charge on any atom is -0.505 e. The average molecular weight is 267 g/mol. The number of rotatable bonds is 2. The molecule has 0 unspecified atom stereocenters. The van der Waals surface area contributed by atoms with Crippen molar-refractivity contribution in [2.45, 2.75) is 0 Å². The molecule has 3 rings (SSSR count). The monoisotopic (exact) mass is 267 g/mol. The van der Waals surface area contributed by atoms with Crippen LogP contribution in [-0.2, 0) is 0 Å². The first-order valence-corrected chi connectivity index (χ1v) is 5.99. The van der Waals surface area contributed by atoms with Crippen LogP contribution in [0.15, 0.2) is 48.5 Å². The van der Waals surface area contributed by atoms with Gasteiger partial charge in [-0.25, -0.2) is 10.1 Å². The van der Waals surface area contributed by atoms with E-state index in [1.54, 1.807) is 48.5 Å². The van der Waals surface area contributed by atoms with Crippen LogP contribution in [0.4, 0.5) is 0 Å². The largest absolute Gasteiger partial charge is 0.505 e. The van der Waals surface area contributed by atoms with E-state index >= 15 is 0 Å². The van der Waals surface area contributed by atoms with Gasteiger partial charge in [-0.15, -0.1) is 0 Å². The van der Waals surface area contributed by atoms with Crippen LogP contribution >= 0.6 is 0 Å². The highest BCUT2D eigenvalue weighted by atomic mass is 16.7. The normalized spacial score (nSPS) is 10.8. The second-order valence-electron chi connectivity index (χ2n) is 4.42. The third-order valence-corrected chi connectivity index (χ3v) is 3.26. The zero-order chi connectivity index (χ0) is 14.3. The summed E-state index contributed by atoms with van der Waals surface area (Å²) in [7, 11) is 0. The van der Waals surface area contributed by atoms with Gasteiger partial charge >= 0.3 is 0 Å². The third kappa shape index (κ3) is 1.64. The Labute approximate surface area is 114 Å². The Balaban J connectivity index is 2.47. The fourth-order valence-electron chi connectivity index (χ4n) is 2.37. The lowest BCUT2D eigenvalue weighted by Gasteiger charge is -2.05. The fraction of sp³-hybridized carbons (Fsp3) is 0. The summed E-state index contributed by atoms with van der Waals surface area (Å²) in [4.78, 5) is 11.4. The van der Waals surface area contributed by atoms with E-state index in [4.69, 9.17) is 0 Å². The first-order chi connectivity index (χ1) is 9.61. The summed E-state index contributed by atoms with van der Waals surface area (Å²) in [5.41, 5.74) is 1.67. The van der Waals surface area contributed by atoms with Gasteiger partial charge in [0.15, 0.2) is 16.5 Å². The van der Waals surface area contributed by atoms with E-state index in [0.29, 0.717) is 22.0 Å². The molecule has 1 radical (unpaired) electrons. The van der Waals surface area contributed by atoms with Crippen LogP contribution in [0.25, 0.3) is 22.2 Å². The molecule has 0 spiro atoms. The number of fused-ring (bicyclic) bond motifs is 1. The van der Waals surface area contributed by atoms with Crippen LogP contribution in [0.3, 0.4) is 0 Å². The fourth-order valence-corrected chi connectivity index (χ4v) is 2.37. The minimum absolute atomic E-state index is 0.103. The Morgan fingerprint density at radius 1 is 1.10 bits per heavy atom. The van der Waals surface area contributed by atoms with E-state index in [1.165, 1.54) is 0 Å². The summed E-state index contributed by atoms with van der Waals surface area (Å²) in [5, 5.41) is 21.6. The van der Waals surface area contributed by atoms with Gasteiger partial charge in [-0.05, 0) is 24.6 Å². The van der Waals surface area contributed by atoms with Crippen molar-refractivity contribution in [3.05, 3.63) is 71.1 Å². The molecule has 0 bridgehead atoms. The highest BCUT2D eigenvalue weighted by molar-refractivity contribution is 5.95. The maximum absolute atomic E-state index is 11.4. The summed E-state index contributed by atoms with van der Waals surface area (Å²) in [5.74, 6) is -0.103. The van der Waals surface area contributed by atoms with Crippen molar-refractivity contribution in [1.82, 2.24) is 4.68 Å². The van der Waals surface area contributed by atoms with Crippen molar-refractivity contribution >= 4 is 10.9 Å². The lowest BCUT2D eigenvalue weighted by atomic mass is 10.1. The van der Waals surface area contributed by atoms with Gasteiger partial charge in [0.1, 0.15) is 5.52 Å². The second kappa shape index (κ2) is 4.38. The summed E-state index contributed by atoms with van der Waals surface area (Å²) < 4.78 is 0.898. The molecule has 0 amide bonds. The lowest BCUT2D eigenvalue weighted by Crippen LogP contribution is -2.10. The SMILES string of the molecule is [CH2]c1ccccc1-c1c(O)c2ccccc2n1[N+](=O)[O-]. The minimum atomic E-state index is -0.538. The van der Waals surface area contributed by atoms with Crippen molar-refractivity contribution < 1.29 is 10.1 Å². The van der Waals surface area contributed by atoms with E-state index in [1.807, 2.05) is 0 Å². The molecule has 1 heterocycles. The van der Waals surface area contributed by atoms with Gasteiger partial charge in [-0.3, -0.25) is 0 Å². The second-order valence-corrected chi connectivity index (χ2v) is 4.42. The number of hydrogen-bond donors (Lipinski definition) is 1. The zero-order valence-electron chi connectivity index (χ0n) is 10.5. The Bertz CT molecular complexity index is 821. The third-order valence-electron chi connectivity index (χ3n) is 3.26. The van der Waals surface area contributed by atoms with Gasteiger partial charge in [0, 0.05) is 10.9 Å². The molecule has 0 fully saturated rings. The van der Waals surface area contributed by atoms with Crippen LogP contribution in [0, 0.1) is 17.0 Å². The quantitative estimate of drug-likeness (QED) is 0.572. The molecule has 20 heavy (non-hydrogen) atoms. The van der Waals surface area contributed by atoms with E-state index in [0.717, 1.165) is 4.68 Å². The lowest BCUT2D eigenvalue weighted by molar-refractivity contribution is -0.535. The van der Waals surface area contributed by atoms with Gasteiger partial charge in [0.05, 0.1) is 0 Å². The molecule has 5 nitrogen and oxygen atoms in total. The van der Waals surface area contributed by atoms with Crippen LogP contribution in [0.5, 0.6) is 5.75 Å². The van der Waals surface area contributed by atoms with E-state index in [2.05, 4.69) is 6.92 Å². The Morgan fingerprint density at radius 3 is 2.45 bits per heavy atom. The molecular weight excluding hydrogens is 256 g/mol. The zero-order valence-corrected chi connectivity index (χ0v) is 10.5. The Kier molecular flexibility index (Phi) is 2.68. The summed E-state index contributed by atoms with van der Waals surface area (Å²) >= 11 is 0. The van der Waals surface area contributed by atoms with E-state index in [9.17, 15) is 15.2 Å². The number of hydrogen-bond acceptors (Lipinski definition) is 3. The molecule has 0 aliphatic carbocycles. The Hall–Kier alpha value is -2.82. The molecule has 0 atom stereocenters. The van der Waals surface area contributed by atoms with Gasteiger partial charge in [-0.1, -0.05) is 41.1 Å².